The summed E-state index contributed by atoms with van der Waals surface area (Å²) in [5.41, 5.74) is -0.162. The summed E-state index contributed by atoms with van der Waals surface area (Å²) in [4.78, 5) is 28.1. The lowest BCUT2D eigenvalue weighted by molar-refractivity contribution is 0.0946. The van der Waals surface area contributed by atoms with E-state index in [0.717, 1.165) is 6.20 Å². The summed E-state index contributed by atoms with van der Waals surface area (Å²) in [7, 11) is 0. The molecule has 0 unspecified atom stereocenters. The van der Waals surface area contributed by atoms with Crippen LogP contribution in [0.15, 0.2) is 17.2 Å². The first-order valence-electron chi connectivity index (χ1n) is 4.68. The highest BCUT2D eigenvalue weighted by molar-refractivity contribution is 5.91. The summed E-state index contributed by atoms with van der Waals surface area (Å²) >= 11 is 0. The van der Waals surface area contributed by atoms with Crippen molar-refractivity contribution < 1.29 is 9.90 Å². The number of hydrogen-bond acceptors (Lipinski definition) is 4. The number of nitrogens with zero attached hydrogens (tertiary/aromatic N) is 1. The molecule has 0 aliphatic heterocycles. The van der Waals surface area contributed by atoms with Crippen molar-refractivity contribution in [3.8, 4) is 0 Å². The molecule has 0 aliphatic carbocycles. The molecule has 0 spiro atoms. The lowest BCUT2D eigenvalue weighted by Crippen LogP contribution is -2.26. The van der Waals surface area contributed by atoms with Gasteiger partial charge < -0.3 is 15.4 Å². The summed E-state index contributed by atoms with van der Waals surface area (Å²) in [6.07, 6.45) is 3.69. The first kappa shape index (κ1) is 11.4. The van der Waals surface area contributed by atoms with Gasteiger partial charge in [-0.25, -0.2) is 4.98 Å². The van der Waals surface area contributed by atoms with Gasteiger partial charge in [0.05, 0.1) is 6.20 Å². The maximum Gasteiger partial charge on any atom is 0.271 e. The Balaban J connectivity index is 2.40. The zero-order valence-corrected chi connectivity index (χ0v) is 8.19. The summed E-state index contributed by atoms with van der Waals surface area (Å²) in [6, 6.07) is 0. The van der Waals surface area contributed by atoms with Crippen LogP contribution in [0.5, 0.6) is 0 Å². The number of H-pyrrole nitrogens is 1. The molecule has 1 aromatic rings. The Morgan fingerprint density at radius 3 is 2.93 bits per heavy atom. The second-order valence-electron chi connectivity index (χ2n) is 2.98. The first-order valence-corrected chi connectivity index (χ1v) is 4.68. The van der Waals surface area contributed by atoms with Gasteiger partial charge in [-0.1, -0.05) is 0 Å². The zero-order chi connectivity index (χ0) is 11.1. The molecule has 0 radical (unpaired) electrons. The van der Waals surface area contributed by atoms with Crippen LogP contribution in [0.25, 0.3) is 0 Å². The predicted molar refractivity (Wildman–Crippen MR) is 53.5 cm³/mol. The lowest BCUT2D eigenvalue weighted by atomic mass is 10.3. The molecule has 82 valence electrons. The van der Waals surface area contributed by atoms with E-state index in [1.807, 2.05) is 0 Å². The van der Waals surface area contributed by atoms with Gasteiger partial charge in [0, 0.05) is 19.3 Å². The van der Waals surface area contributed by atoms with E-state index in [1.165, 1.54) is 6.20 Å². The number of nitrogens with one attached hydrogen (secondary N) is 2. The van der Waals surface area contributed by atoms with E-state index < -0.39 is 0 Å². The fourth-order valence-electron chi connectivity index (χ4n) is 0.996. The number of aromatic amines is 1. The van der Waals surface area contributed by atoms with Gasteiger partial charge in [0.15, 0.2) is 0 Å². The highest BCUT2D eigenvalue weighted by Crippen LogP contribution is 1.89. The van der Waals surface area contributed by atoms with Gasteiger partial charge in [0.1, 0.15) is 5.69 Å². The second-order valence-corrected chi connectivity index (χ2v) is 2.98. The van der Waals surface area contributed by atoms with Crippen LogP contribution in [0, 0.1) is 0 Å². The number of unbranched alkanes of at least 4 members (excludes halogenated alkanes) is 1. The second kappa shape index (κ2) is 5.92. The SMILES string of the molecule is O=C(NCCCCO)c1c[nH]c(=O)cn1. The first-order chi connectivity index (χ1) is 7.24. The third-order valence-corrected chi connectivity index (χ3v) is 1.78. The number of rotatable bonds is 5. The maximum absolute atomic E-state index is 11.4. The molecule has 6 heteroatoms. The number of carbonyl (C=O) groups excluding carboxylic acids is 1. The minimum Gasteiger partial charge on any atom is -0.396 e. The van der Waals surface area contributed by atoms with Crippen LogP contribution in [-0.4, -0.2) is 34.1 Å². The van der Waals surface area contributed by atoms with Crippen LogP contribution in [0.1, 0.15) is 23.3 Å². The molecule has 0 fully saturated rings. The summed E-state index contributed by atoms with van der Waals surface area (Å²) < 4.78 is 0. The summed E-state index contributed by atoms with van der Waals surface area (Å²) in [6.45, 7) is 0.604. The molecular weight excluding hydrogens is 198 g/mol. The van der Waals surface area contributed by atoms with Gasteiger partial charge in [-0.2, -0.15) is 0 Å². The quantitative estimate of drug-likeness (QED) is 0.560. The lowest BCUT2D eigenvalue weighted by Gasteiger charge is -2.02. The predicted octanol–water partition coefficient (Wildman–Crippen LogP) is -0.728. The Kier molecular flexibility index (Phi) is 4.49. The number of aliphatic hydroxyl groups is 1. The van der Waals surface area contributed by atoms with E-state index in [2.05, 4.69) is 15.3 Å². The van der Waals surface area contributed by atoms with Gasteiger partial charge in [-0.15, -0.1) is 0 Å². The third-order valence-electron chi connectivity index (χ3n) is 1.78. The Morgan fingerprint density at radius 1 is 1.53 bits per heavy atom. The molecule has 1 amide bonds. The molecule has 0 aromatic carbocycles. The fraction of sp³-hybridized carbons (Fsp3) is 0.444. The number of hydrogen-bond donors (Lipinski definition) is 3. The molecule has 0 saturated carbocycles. The average Bonchev–Trinajstić information content (AvgIpc) is 2.25. The smallest absolute Gasteiger partial charge is 0.271 e. The molecule has 0 bridgehead atoms. The van der Waals surface area contributed by atoms with Crippen LogP contribution in [0.3, 0.4) is 0 Å². The van der Waals surface area contributed by atoms with Crippen LogP contribution in [-0.2, 0) is 0 Å². The topological polar surface area (TPSA) is 95.1 Å². The zero-order valence-electron chi connectivity index (χ0n) is 8.19. The third kappa shape index (κ3) is 3.90. The molecule has 6 nitrogen and oxygen atoms in total. The Morgan fingerprint density at radius 2 is 2.33 bits per heavy atom. The number of carbonyl (C=O) groups is 1. The molecule has 0 atom stereocenters. The van der Waals surface area contributed by atoms with E-state index in [-0.39, 0.29) is 23.8 Å². The minimum absolute atomic E-state index is 0.118. The number of aromatic nitrogens is 2. The van der Waals surface area contributed by atoms with Crippen molar-refractivity contribution >= 4 is 5.91 Å². The molecular formula is C9H13N3O3. The van der Waals surface area contributed by atoms with E-state index in [4.69, 9.17) is 5.11 Å². The Hall–Kier alpha value is -1.69. The molecule has 3 N–H and O–H groups in total. The Bertz CT molecular complexity index is 355. The van der Waals surface area contributed by atoms with Crippen molar-refractivity contribution in [3.63, 3.8) is 0 Å². The van der Waals surface area contributed by atoms with Crippen molar-refractivity contribution in [2.75, 3.05) is 13.2 Å². The van der Waals surface area contributed by atoms with Crippen LogP contribution < -0.4 is 10.9 Å². The van der Waals surface area contributed by atoms with Gasteiger partial charge in [-0.05, 0) is 12.8 Å². The van der Waals surface area contributed by atoms with Crippen LogP contribution >= 0.6 is 0 Å². The number of aliphatic hydroxyl groups excluding tert-OH is 1. The fourth-order valence-corrected chi connectivity index (χ4v) is 0.996. The Labute approximate surface area is 86.4 Å². The van der Waals surface area contributed by atoms with Gasteiger partial charge in [0.2, 0.25) is 0 Å². The molecule has 0 aliphatic rings. The van der Waals surface area contributed by atoms with Gasteiger partial charge >= 0.3 is 0 Å². The molecule has 1 aromatic heterocycles. The van der Waals surface area contributed by atoms with Crippen LogP contribution in [0.2, 0.25) is 0 Å². The molecule has 0 saturated heterocycles. The molecule has 1 heterocycles. The normalized spacial score (nSPS) is 9.93. The van der Waals surface area contributed by atoms with Gasteiger partial charge in [-0.3, -0.25) is 9.59 Å². The van der Waals surface area contributed by atoms with Crippen LogP contribution in [0.4, 0.5) is 0 Å². The van der Waals surface area contributed by atoms with Crippen molar-refractivity contribution in [1.82, 2.24) is 15.3 Å². The molecule has 1 rings (SSSR count). The maximum atomic E-state index is 11.4. The largest absolute Gasteiger partial charge is 0.396 e. The summed E-state index contributed by atoms with van der Waals surface area (Å²) in [5, 5.41) is 11.1. The van der Waals surface area contributed by atoms with E-state index in [9.17, 15) is 9.59 Å². The number of amides is 1. The van der Waals surface area contributed by atoms with Crippen molar-refractivity contribution in [3.05, 3.63) is 28.4 Å². The molecule has 15 heavy (non-hydrogen) atoms. The summed E-state index contributed by atoms with van der Waals surface area (Å²) in [5.74, 6) is -0.329. The van der Waals surface area contributed by atoms with E-state index in [1.54, 1.807) is 0 Å². The highest BCUT2D eigenvalue weighted by atomic mass is 16.3. The average molecular weight is 211 g/mol. The highest BCUT2D eigenvalue weighted by Gasteiger charge is 2.05. The van der Waals surface area contributed by atoms with Crippen molar-refractivity contribution in [1.29, 1.82) is 0 Å². The minimum atomic E-state index is -0.341. The monoisotopic (exact) mass is 211 g/mol. The van der Waals surface area contributed by atoms with Crippen molar-refractivity contribution in [2.45, 2.75) is 12.8 Å². The van der Waals surface area contributed by atoms with Crippen molar-refractivity contribution in [2.24, 2.45) is 0 Å². The van der Waals surface area contributed by atoms with E-state index >= 15 is 0 Å². The van der Waals surface area contributed by atoms with E-state index in [0.29, 0.717) is 19.4 Å². The van der Waals surface area contributed by atoms with Gasteiger partial charge in [0.25, 0.3) is 11.5 Å². The standard InChI is InChI=1S/C9H13N3O3/c13-4-2-1-3-10-9(15)7-5-12-8(14)6-11-7/h5-6,13H,1-4H2,(H,10,15)(H,12,14).